The first kappa shape index (κ1) is 17.9. The lowest BCUT2D eigenvalue weighted by molar-refractivity contribution is 0.492. The third-order valence-corrected chi connectivity index (χ3v) is 6.07. The normalized spacial score (nSPS) is 15.9. The molecule has 1 heterocycles. The molecule has 0 saturated heterocycles. The summed E-state index contributed by atoms with van der Waals surface area (Å²) in [6.07, 6.45) is 4.68. The SMILES string of the molecule is CN=C(NCCc1nc(C)c(C)s1)NCC1(Cc2ccccc2)CC1. The maximum Gasteiger partial charge on any atom is 0.191 e. The summed E-state index contributed by atoms with van der Waals surface area (Å²) in [5.74, 6) is 0.893. The van der Waals surface area contributed by atoms with Crippen LogP contribution in [0.25, 0.3) is 0 Å². The number of nitrogens with zero attached hydrogens (tertiary/aromatic N) is 2. The molecule has 1 saturated carbocycles. The van der Waals surface area contributed by atoms with E-state index in [-0.39, 0.29) is 0 Å². The second kappa shape index (κ2) is 8.00. The van der Waals surface area contributed by atoms with E-state index in [9.17, 15) is 0 Å². The average molecular weight is 357 g/mol. The van der Waals surface area contributed by atoms with Crippen molar-refractivity contribution in [3.05, 3.63) is 51.5 Å². The van der Waals surface area contributed by atoms with Crippen molar-refractivity contribution in [1.82, 2.24) is 15.6 Å². The molecule has 5 heteroatoms. The lowest BCUT2D eigenvalue weighted by Gasteiger charge is -2.18. The largest absolute Gasteiger partial charge is 0.356 e. The monoisotopic (exact) mass is 356 g/mol. The van der Waals surface area contributed by atoms with Crippen molar-refractivity contribution in [2.75, 3.05) is 20.1 Å². The van der Waals surface area contributed by atoms with Crippen LogP contribution < -0.4 is 10.6 Å². The highest BCUT2D eigenvalue weighted by molar-refractivity contribution is 7.11. The van der Waals surface area contributed by atoms with Gasteiger partial charge in [0.25, 0.3) is 0 Å². The van der Waals surface area contributed by atoms with E-state index in [4.69, 9.17) is 0 Å². The molecule has 2 N–H and O–H groups in total. The van der Waals surface area contributed by atoms with Gasteiger partial charge in [0.05, 0.1) is 10.7 Å². The summed E-state index contributed by atoms with van der Waals surface area (Å²) in [7, 11) is 1.84. The summed E-state index contributed by atoms with van der Waals surface area (Å²) < 4.78 is 0. The predicted molar refractivity (Wildman–Crippen MR) is 106 cm³/mol. The van der Waals surface area contributed by atoms with Crippen molar-refractivity contribution in [3.8, 4) is 0 Å². The van der Waals surface area contributed by atoms with E-state index in [1.807, 2.05) is 7.05 Å². The second-order valence-electron chi connectivity index (χ2n) is 7.01. The molecule has 1 aliphatic carbocycles. The maximum absolute atomic E-state index is 4.59. The van der Waals surface area contributed by atoms with Gasteiger partial charge in [0.15, 0.2) is 5.96 Å². The predicted octanol–water partition coefficient (Wildman–Crippen LogP) is 3.49. The molecule has 0 amide bonds. The molecule has 0 aliphatic heterocycles. The fourth-order valence-electron chi connectivity index (χ4n) is 3.05. The first-order valence-corrected chi connectivity index (χ1v) is 9.83. The van der Waals surface area contributed by atoms with Crippen LogP contribution in [0.15, 0.2) is 35.3 Å². The quantitative estimate of drug-likeness (QED) is 0.590. The zero-order valence-electron chi connectivity index (χ0n) is 15.4. The molecule has 2 aromatic rings. The summed E-state index contributed by atoms with van der Waals surface area (Å²) in [6.45, 7) is 6.05. The first-order chi connectivity index (χ1) is 12.1. The van der Waals surface area contributed by atoms with E-state index in [2.05, 4.69) is 64.8 Å². The number of aliphatic imine (C=N–C) groups is 1. The molecule has 1 aromatic heterocycles. The summed E-state index contributed by atoms with van der Waals surface area (Å²) in [5.41, 5.74) is 2.99. The van der Waals surface area contributed by atoms with Crippen LogP contribution in [0.4, 0.5) is 0 Å². The van der Waals surface area contributed by atoms with Crippen molar-refractivity contribution in [3.63, 3.8) is 0 Å². The van der Waals surface area contributed by atoms with E-state index in [1.165, 1.54) is 28.3 Å². The zero-order valence-corrected chi connectivity index (χ0v) is 16.2. The van der Waals surface area contributed by atoms with Crippen LogP contribution in [0.5, 0.6) is 0 Å². The first-order valence-electron chi connectivity index (χ1n) is 9.02. The summed E-state index contributed by atoms with van der Waals surface area (Å²) in [4.78, 5) is 10.3. The van der Waals surface area contributed by atoms with Gasteiger partial charge in [-0.05, 0) is 44.1 Å². The van der Waals surface area contributed by atoms with Gasteiger partial charge >= 0.3 is 0 Å². The molecule has 0 bridgehead atoms. The minimum atomic E-state index is 0.405. The molecule has 1 aliphatic rings. The minimum absolute atomic E-state index is 0.405. The van der Waals surface area contributed by atoms with Crippen molar-refractivity contribution in [2.45, 2.75) is 39.5 Å². The Morgan fingerprint density at radius 3 is 2.56 bits per heavy atom. The molecule has 3 rings (SSSR count). The fraction of sp³-hybridized carbons (Fsp3) is 0.500. The molecule has 0 spiro atoms. The van der Waals surface area contributed by atoms with Crippen LogP contribution in [-0.4, -0.2) is 31.1 Å². The fourth-order valence-corrected chi connectivity index (χ4v) is 3.98. The van der Waals surface area contributed by atoms with Crippen molar-refractivity contribution < 1.29 is 0 Å². The Morgan fingerprint density at radius 1 is 1.20 bits per heavy atom. The van der Waals surface area contributed by atoms with Crippen molar-refractivity contribution >= 4 is 17.3 Å². The third-order valence-electron chi connectivity index (χ3n) is 4.94. The molecule has 25 heavy (non-hydrogen) atoms. The van der Waals surface area contributed by atoms with Gasteiger partial charge in [-0.25, -0.2) is 4.98 Å². The number of aryl methyl sites for hydroxylation is 2. The summed E-state index contributed by atoms with van der Waals surface area (Å²) in [5, 5.41) is 8.13. The summed E-state index contributed by atoms with van der Waals surface area (Å²) >= 11 is 1.79. The molecule has 1 aromatic carbocycles. The van der Waals surface area contributed by atoms with E-state index >= 15 is 0 Å². The van der Waals surface area contributed by atoms with E-state index in [0.717, 1.165) is 37.6 Å². The molecule has 4 nitrogen and oxygen atoms in total. The van der Waals surface area contributed by atoms with Gasteiger partial charge in [0.2, 0.25) is 0 Å². The molecule has 0 radical (unpaired) electrons. The van der Waals surface area contributed by atoms with Crippen molar-refractivity contribution in [1.29, 1.82) is 0 Å². The highest BCUT2D eigenvalue weighted by Crippen LogP contribution is 2.47. The lowest BCUT2D eigenvalue weighted by atomic mass is 9.96. The number of thiazole rings is 1. The topological polar surface area (TPSA) is 49.3 Å². The Morgan fingerprint density at radius 2 is 1.96 bits per heavy atom. The molecule has 0 unspecified atom stereocenters. The number of rotatable bonds is 7. The van der Waals surface area contributed by atoms with Gasteiger partial charge in [0.1, 0.15) is 0 Å². The van der Waals surface area contributed by atoms with E-state index < -0.39 is 0 Å². The number of guanidine groups is 1. The number of benzene rings is 1. The van der Waals surface area contributed by atoms with Gasteiger partial charge < -0.3 is 10.6 Å². The number of hydrogen-bond donors (Lipinski definition) is 2. The Bertz CT molecular complexity index is 697. The molecular formula is C20H28N4S. The van der Waals surface area contributed by atoms with Gasteiger partial charge in [0, 0.05) is 31.4 Å². The van der Waals surface area contributed by atoms with Gasteiger partial charge in [-0.1, -0.05) is 30.3 Å². The number of aromatic nitrogens is 1. The van der Waals surface area contributed by atoms with Crippen LogP contribution in [0.2, 0.25) is 0 Å². The maximum atomic E-state index is 4.59. The standard InChI is InChI=1S/C20H28N4S/c1-15-16(2)25-18(24-15)9-12-22-19(21-3)23-14-20(10-11-20)13-17-7-5-4-6-8-17/h4-8H,9-14H2,1-3H3,(H2,21,22,23). The van der Waals surface area contributed by atoms with Gasteiger partial charge in [-0.2, -0.15) is 0 Å². The van der Waals surface area contributed by atoms with Gasteiger partial charge in [-0.15, -0.1) is 11.3 Å². The number of hydrogen-bond acceptors (Lipinski definition) is 3. The Labute approximate surface area is 154 Å². The Hall–Kier alpha value is -1.88. The van der Waals surface area contributed by atoms with Gasteiger partial charge in [-0.3, -0.25) is 4.99 Å². The second-order valence-corrected chi connectivity index (χ2v) is 8.30. The van der Waals surface area contributed by atoms with Crippen LogP contribution in [-0.2, 0) is 12.8 Å². The average Bonchev–Trinajstić information content (AvgIpc) is 3.30. The Balaban J connectivity index is 1.43. The third kappa shape index (κ3) is 5.05. The smallest absolute Gasteiger partial charge is 0.191 e. The summed E-state index contributed by atoms with van der Waals surface area (Å²) in [6, 6.07) is 10.8. The van der Waals surface area contributed by atoms with E-state index in [1.54, 1.807) is 11.3 Å². The van der Waals surface area contributed by atoms with E-state index in [0.29, 0.717) is 5.41 Å². The van der Waals surface area contributed by atoms with Crippen LogP contribution >= 0.6 is 11.3 Å². The molecule has 0 atom stereocenters. The van der Waals surface area contributed by atoms with Crippen LogP contribution in [0, 0.1) is 19.3 Å². The number of nitrogens with one attached hydrogen (secondary N) is 2. The lowest BCUT2D eigenvalue weighted by Crippen LogP contribution is -2.41. The minimum Gasteiger partial charge on any atom is -0.356 e. The van der Waals surface area contributed by atoms with Crippen molar-refractivity contribution in [2.24, 2.45) is 10.4 Å². The molecule has 134 valence electrons. The zero-order chi connectivity index (χ0) is 17.7. The van der Waals surface area contributed by atoms with Crippen LogP contribution in [0.1, 0.15) is 34.0 Å². The highest BCUT2D eigenvalue weighted by Gasteiger charge is 2.42. The molecule has 1 fully saturated rings. The van der Waals surface area contributed by atoms with Crippen LogP contribution in [0.3, 0.4) is 0 Å². The highest BCUT2D eigenvalue weighted by atomic mass is 32.1. The Kier molecular flexibility index (Phi) is 5.74. The molecular weight excluding hydrogens is 328 g/mol.